The number of carbonyl (C=O) groups is 2. The van der Waals surface area contributed by atoms with Gasteiger partial charge >= 0.3 is 0 Å². The molecule has 0 saturated heterocycles. The summed E-state index contributed by atoms with van der Waals surface area (Å²) in [6.07, 6.45) is 1.78. The highest BCUT2D eigenvalue weighted by atomic mass is 35.5. The van der Waals surface area contributed by atoms with Gasteiger partial charge in [0.1, 0.15) is 6.04 Å². The van der Waals surface area contributed by atoms with E-state index >= 15 is 0 Å². The van der Waals surface area contributed by atoms with Gasteiger partial charge in [-0.2, -0.15) is 0 Å². The van der Waals surface area contributed by atoms with Crippen molar-refractivity contribution < 1.29 is 27.5 Å². The largest absolute Gasteiger partial charge is 0.493 e. The molecule has 11 heteroatoms. The molecule has 0 radical (unpaired) electrons. The van der Waals surface area contributed by atoms with Crippen molar-refractivity contribution in [2.24, 2.45) is 0 Å². The second-order valence-electron chi connectivity index (χ2n) is 8.69. The van der Waals surface area contributed by atoms with Crippen LogP contribution in [0.4, 0.5) is 11.4 Å². The topological polar surface area (TPSA) is 114 Å². The number of sulfonamides is 1. The lowest BCUT2D eigenvalue weighted by Gasteiger charge is -2.30. The normalized spacial score (nSPS) is 11.8. The Balaban J connectivity index is 1.74. The van der Waals surface area contributed by atoms with Gasteiger partial charge < -0.3 is 20.1 Å². The van der Waals surface area contributed by atoms with E-state index in [1.165, 1.54) is 0 Å². The van der Waals surface area contributed by atoms with E-state index in [-0.39, 0.29) is 23.6 Å². The van der Waals surface area contributed by atoms with Crippen molar-refractivity contribution in [2.75, 3.05) is 36.6 Å². The first-order valence-electron chi connectivity index (χ1n) is 12.2. The molecule has 0 heterocycles. The Bertz CT molecular complexity index is 1410. The molecule has 2 amide bonds. The van der Waals surface area contributed by atoms with Gasteiger partial charge in [0.15, 0.2) is 11.5 Å². The van der Waals surface area contributed by atoms with Gasteiger partial charge in [0.05, 0.1) is 37.4 Å². The van der Waals surface area contributed by atoms with Crippen LogP contribution in [0.3, 0.4) is 0 Å². The molecule has 3 rings (SSSR count). The van der Waals surface area contributed by atoms with E-state index in [1.54, 1.807) is 75.7 Å². The molecular weight excluding hydrogens is 542 g/mol. The van der Waals surface area contributed by atoms with E-state index in [0.717, 1.165) is 16.1 Å². The molecule has 9 nitrogen and oxygen atoms in total. The van der Waals surface area contributed by atoms with Crippen LogP contribution >= 0.6 is 11.6 Å². The van der Waals surface area contributed by atoms with Gasteiger partial charge in [-0.3, -0.25) is 13.9 Å². The van der Waals surface area contributed by atoms with Crippen molar-refractivity contribution in [3.05, 3.63) is 82.9 Å². The van der Waals surface area contributed by atoms with Crippen molar-refractivity contribution in [3.63, 3.8) is 0 Å². The summed E-state index contributed by atoms with van der Waals surface area (Å²) in [6, 6.07) is 17.2. The number of halogens is 1. The second-order valence-corrected chi connectivity index (χ2v) is 11.0. The average Bonchev–Trinajstić information content (AvgIpc) is 2.91. The first kappa shape index (κ1) is 29.8. The predicted molar refractivity (Wildman–Crippen MR) is 154 cm³/mol. The fourth-order valence-electron chi connectivity index (χ4n) is 4.11. The summed E-state index contributed by atoms with van der Waals surface area (Å²) in [6.45, 7) is 2.05. The number of hydrogen-bond acceptors (Lipinski definition) is 6. The van der Waals surface area contributed by atoms with E-state index in [4.69, 9.17) is 21.1 Å². The fourth-order valence-corrected chi connectivity index (χ4v) is 5.44. The maximum atomic E-state index is 13.4. The first-order chi connectivity index (χ1) is 18.6. The summed E-state index contributed by atoms with van der Waals surface area (Å²) in [5, 5.41) is 6.06. The van der Waals surface area contributed by atoms with E-state index in [2.05, 4.69) is 10.6 Å². The van der Waals surface area contributed by atoms with Gasteiger partial charge in [0.2, 0.25) is 15.9 Å². The number of benzene rings is 3. The Morgan fingerprint density at radius 3 is 2.26 bits per heavy atom. The van der Waals surface area contributed by atoms with Crippen molar-refractivity contribution in [2.45, 2.75) is 25.8 Å². The Labute approximate surface area is 234 Å². The third kappa shape index (κ3) is 7.64. The quantitative estimate of drug-likeness (QED) is 0.329. The minimum atomic E-state index is -3.82. The van der Waals surface area contributed by atoms with Gasteiger partial charge in [-0.15, -0.1) is 0 Å². The summed E-state index contributed by atoms with van der Waals surface area (Å²) in [5.41, 5.74) is 1.79. The van der Waals surface area contributed by atoms with Gasteiger partial charge in [-0.05, 0) is 66.9 Å². The summed E-state index contributed by atoms with van der Waals surface area (Å²) >= 11 is 5.96. The number of nitrogens with zero attached hydrogens (tertiary/aromatic N) is 1. The highest BCUT2D eigenvalue weighted by Crippen LogP contribution is 2.28. The minimum absolute atomic E-state index is 0.196. The van der Waals surface area contributed by atoms with E-state index in [0.29, 0.717) is 35.2 Å². The zero-order valence-corrected chi connectivity index (χ0v) is 23.8. The smallest absolute Gasteiger partial charge is 0.253 e. The number of anilines is 2. The van der Waals surface area contributed by atoms with Crippen molar-refractivity contribution in [1.29, 1.82) is 0 Å². The SMILES string of the molecule is CCC(C(=O)Nc1ccccc1C(=O)NCCc1ccc(OC)c(OC)c1)N(c1ccc(Cl)cc1)S(C)(=O)=O. The predicted octanol–water partition coefficient (Wildman–Crippen LogP) is 4.51. The number of amides is 2. The van der Waals surface area contributed by atoms with Gasteiger partial charge in [-0.1, -0.05) is 36.7 Å². The molecule has 3 aromatic rings. The van der Waals surface area contributed by atoms with Crippen LogP contribution in [0.25, 0.3) is 0 Å². The number of methoxy groups -OCH3 is 2. The third-order valence-corrected chi connectivity index (χ3v) is 7.42. The molecule has 0 aliphatic heterocycles. The number of hydrogen-bond donors (Lipinski definition) is 2. The van der Waals surface area contributed by atoms with Crippen LogP contribution in [0.15, 0.2) is 66.7 Å². The lowest BCUT2D eigenvalue weighted by atomic mass is 10.1. The second kappa shape index (κ2) is 13.3. The Morgan fingerprint density at radius 2 is 1.64 bits per heavy atom. The minimum Gasteiger partial charge on any atom is -0.493 e. The van der Waals surface area contributed by atoms with Crippen LogP contribution in [-0.4, -0.2) is 53.3 Å². The molecule has 1 unspecified atom stereocenters. The van der Waals surface area contributed by atoms with Crippen molar-refractivity contribution in [3.8, 4) is 11.5 Å². The van der Waals surface area contributed by atoms with Crippen molar-refractivity contribution in [1.82, 2.24) is 5.32 Å². The van der Waals surface area contributed by atoms with Crippen LogP contribution in [-0.2, 0) is 21.2 Å². The molecule has 0 saturated carbocycles. The molecule has 2 N–H and O–H groups in total. The van der Waals surface area contributed by atoms with Crippen LogP contribution in [0.1, 0.15) is 29.3 Å². The first-order valence-corrected chi connectivity index (χ1v) is 14.5. The summed E-state index contributed by atoms with van der Waals surface area (Å²) in [4.78, 5) is 26.4. The van der Waals surface area contributed by atoms with Crippen LogP contribution in [0.5, 0.6) is 11.5 Å². The highest BCUT2D eigenvalue weighted by molar-refractivity contribution is 7.92. The van der Waals surface area contributed by atoms with E-state index < -0.39 is 22.0 Å². The van der Waals surface area contributed by atoms with Crippen LogP contribution in [0.2, 0.25) is 5.02 Å². The van der Waals surface area contributed by atoms with Crippen LogP contribution in [0, 0.1) is 0 Å². The third-order valence-electron chi connectivity index (χ3n) is 5.99. The van der Waals surface area contributed by atoms with Crippen LogP contribution < -0.4 is 24.4 Å². The lowest BCUT2D eigenvalue weighted by molar-refractivity contribution is -0.117. The molecule has 1 atom stereocenters. The number of rotatable bonds is 12. The van der Waals surface area contributed by atoms with E-state index in [1.807, 2.05) is 12.1 Å². The highest BCUT2D eigenvalue weighted by Gasteiger charge is 2.32. The van der Waals surface area contributed by atoms with Gasteiger partial charge in [-0.25, -0.2) is 8.42 Å². The zero-order valence-electron chi connectivity index (χ0n) is 22.2. The molecule has 0 bridgehead atoms. The number of ether oxygens (including phenoxy) is 2. The standard InChI is InChI=1S/C28H32ClN3O6S/c1-5-24(32(39(4,35)36)21-13-11-20(29)12-14-21)28(34)31-23-9-7-6-8-22(23)27(33)30-17-16-19-10-15-25(37-2)26(18-19)38-3/h6-15,18,24H,5,16-17H2,1-4H3,(H,30,33)(H,31,34). The Hall–Kier alpha value is -3.76. The number of para-hydroxylation sites is 1. The molecule has 0 fully saturated rings. The molecule has 0 aliphatic rings. The molecule has 0 spiro atoms. The average molecular weight is 574 g/mol. The number of carbonyl (C=O) groups excluding carboxylic acids is 2. The van der Waals surface area contributed by atoms with E-state index in [9.17, 15) is 18.0 Å². The van der Waals surface area contributed by atoms with Crippen molar-refractivity contribution >= 4 is 44.8 Å². The molecule has 0 aromatic heterocycles. The monoisotopic (exact) mass is 573 g/mol. The molecular formula is C28H32ClN3O6S. The lowest BCUT2D eigenvalue weighted by Crippen LogP contribution is -2.47. The zero-order chi connectivity index (χ0) is 28.6. The molecule has 3 aromatic carbocycles. The maximum Gasteiger partial charge on any atom is 0.253 e. The van der Waals surface area contributed by atoms with Gasteiger partial charge in [0.25, 0.3) is 5.91 Å². The summed E-state index contributed by atoms with van der Waals surface area (Å²) in [5.74, 6) is 0.271. The summed E-state index contributed by atoms with van der Waals surface area (Å²) in [7, 11) is -0.700. The molecule has 208 valence electrons. The maximum absolute atomic E-state index is 13.4. The molecule has 39 heavy (non-hydrogen) atoms. The Kier molecular flexibility index (Phi) is 10.2. The number of nitrogens with one attached hydrogen (secondary N) is 2. The van der Waals surface area contributed by atoms with Gasteiger partial charge in [0, 0.05) is 11.6 Å². The summed E-state index contributed by atoms with van der Waals surface area (Å²) < 4.78 is 37.0. The molecule has 0 aliphatic carbocycles. The fraction of sp³-hybridized carbons (Fsp3) is 0.286. The Morgan fingerprint density at radius 1 is 0.974 bits per heavy atom.